The molecule has 104 valence electrons. The SMILES string of the molecule is O=C(c1ccc(Cl)cn1)N1CCC(OCCO)CC1. The Labute approximate surface area is 117 Å². The van der Waals surface area contributed by atoms with Crippen LogP contribution >= 0.6 is 11.6 Å². The van der Waals surface area contributed by atoms with E-state index < -0.39 is 0 Å². The largest absolute Gasteiger partial charge is 0.394 e. The van der Waals surface area contributed by atoms with Gasteiger partial charge < -0.3 is 14.7 Å². The van der Waals surface area contributed by atoms with Crippen molar-refractivity contribution < 1.29 is 14.6 Å². The smallest absolute Gasteiger partial charge is 0.272 e. The van der Waals surface area contributed by atoms with Crippen molar-refractivity contribution in [1.82, 2.24) is 9.88 Å². The Hall–Kier alpha value is -1.17. The summed E-state index contributed by atoms with van der Waals surface area (Å²) < 4.78 is 5.46. The number of hydrogen-bond donors (Lipinski definition) is 1. The summed E-state index contributed by atoms with van der Waals surface area (Å²) in [5.41, 5.74) is 0.416. The summed E-state index contributed by atoms with van der Waals surface area (Å²) in [6.07, 6.45) is 3.19. The van der Waals surface area contributed by atoms with E-state index in [1.165, 1.54) is 6.20 Å². The number of ether oxygens (including phenoxy) is 1. The van der Waals surface area contributed by atoms with Crippen molar-refractivity contribution in [2.75, 3.05) is 26.3 Å². The molecule has 0 radical (unpaired) electrons. The Morgan fingerprint density at radius 2 is 2.21 bits per heavy atom. The summed E-state index contributed by atoms with van der Waals surface area (Å²) in [5.74, 6) is -0.0720. The van der Waals surface area contributed by atoms with Crippen molar-refractivity contribution >= 4 is 17.5 Å². The topological polar surface area (TPSA) is 62.7 Å². The zero-order valence-corrected chi connectivity index (χ0v) is 11.3. The van der Waals surface area contributed by atoms with Crippen LogP contribution in [0.25, 0.3) is 0 Å². The Balaban J connectivity index is 1.87. The van der Waals surface area contributed by atoms with Gasteiger partial charge in [0.25, 0.3) is 5.91 Å². The van der Waals surface area contributed by atoms with Crippen LogP contribution in [-0.4, -0.2) is 53.3 Å². The van der Waals surface area contributed by atoms with E-state index in [1.807, 2.05) is 0 Å². The van der Waals surface area contributed by atoms with E-state index in [1.54, 1.807) is 17.0 Å². The fourth-order valence-corrected chi connectivity index (χ4v) is 2.22. The molecular weight excluding hydrogens is 268 g/mol. The molecule has 1 aromatic heterocycles. The Morgan fingerprint density at radius 1 is 1.47 bits per heavy atom. The number of likely N-dealkylation sites (tertiary alicyclic amines) is 1. The van der Waals surface area contributed by atoms with Crippen LogP contribution in [0.5, 0.6) is 0 Å². The second-order valence-electron chi connectivity index (χ2n) is 4.45. The number of aliphatic hydroxyl groups excluding tert-OH is 1. The molecule has 19 heavy (non-hydrogen) atoms. The van der Waals surface area contributed by atoms with E-state index in [0.717, 1.165) is 12.8 Å². The first-order valence-electron chi connectivity index (χ1n) is 6.34. The van der Waals surface area contributed by atoms with Crippen LogP contribution in [0.1, 0.15) is 23.3 Å². The molecule has 1 saturated heterocycles. The highest BCUT2D eigenvalue weighted by molar-refractivity contribution is 6.30. The zero-order valence-electron chi connectivity index (χ0n) is 10.6. The summed E-state index contributed by atoms with van der Waals surface area (Å²) in [5, 5.41) is 9.22. The summed E-state index contributed by atoms with van der Waals surface area (Å²) in [7, 11) is 0. The lowest BCUT2D eigenvalue weighted by molar-refractivity contribution is -0.00564. The molecular formula is C13H17ClN2O3. The molecule has 6 heteroatoms. The first kappa shape index (κ1) is 14.2. The highest BCUT2D eigenvalue weighted by Gasteiger charge is 2.24. The lowest BCUT2D eigenvalue weighted by Gasteiger charge is -2.31. The molecule has 1 N–H and O–H groups in total. The summed E-state index contributed by atoms with van der Waals surface area (Å²) in [4.78, 5) is 18.0. The van der Waals surface area contributed by atoms with Crippen molar-refractivity contribution in [3.05, 3.63) is 29.0 Å². The number of piperidine rings is 1. The van der Waals surface area contributed by atoms with Gasteiger partial charge in [-0.05, 0) is 25.0 Å². The number of halogens is 1. The van der Waals surface area contributed by atoms with E-state index >= 15 is 0 Å². The van der Waals surface area contributed by atoms with Gasteiger partial charge in [0.1, 0.15) is 5.69 Å². The maximum atomic E-state index is 12.2. The zero-order chi connectivity index (χ0) is 13.7. The monoisotopic (exact) mass is 284 g/mol. The Morgan fingerprint density at radius 3 is 2.79 bits per heavy atom. The number of carbonyl (C=O) groups excluding carboxylic acids is 1. The van der Waals surface area contributed by atoms with Gasteiger partial charge in [-0.1, -0.05) is 11.6 Å². The van der Waals surface area contributed by atoms with Gasteiger partial charge in [-0.15, -0.1) is 0 Å². The molecule has 0 spiro atoms. The van der Waals surface area contributed by atoms with Gasteiger partial charge in [0.05, 0.1) is 24.3 Å². The second-order valence-corrected chi connectivity index (χ2v) is 4.88. The number of pyridine rings is 1. The van der Waals surface area contributed by atoms with E-state index in [-0.39, 0.29) is 18.6 Å². The first-order valence-corrected chi connectivity index (χ1v) is 6.72. The molecule has 1 aliphatic heterocycles. The predicted molar refractivity (Wildman–Crippen MR) is 71.2 cm³/mol. The maximum absolute atomic E-state index is 12.2. The fourth-order valence-electron chi connectivity index (χ4n) is 2.11. The molecule has 1 amide bonds. The molecule has 2 heterocycles. The van der Waals surface area contributed by atoms with Crippen LogP contribution in [0.2, 0.25) is 5.02 Å². The third-order valence-corrected chi connectivity index (χ3v) is 3.34. The van der Waals surface area contributed by atoms with E-state index in [2.05, 4.69) is 4.98 Å². The normalized spacial score (nSPS) is 16.6. The van der Waals surface area contributed by atoms with Crippen molar-refractivity contribution in [2.24, 2.45) is 0 Å². The lowest BCUT2D eigenvalue weighted by Crippen LogP contribution is -2.41. The number of aromatic nitrogens is 1. The fraction of sp³-hybridized carbons (Fsp3) is 0.538. The number of amides is 1. The average Bonchev–Trinajstić information content (AvgIpc) is 2.46. The quantitative estimate of drug-likeness (QED) is 0.906. The molecule has 2 rings (SSSR count). The van der Waals surface area contributed by atoms with Gasteiger partial charge in [0.2, 0.25) is 0 Å². The molecule has 0 saturated carbocycles. The van der Waals surface area contributed by atoms with Gasteiger partial charge in [0.15, 0.2) is 0 Å². The Bertz CT molecular complexity index is 416. The van der Waals surface area contributed by atoms with Gasteiger partial charge >= 0.3 is 0 Å². The highest BCUT2D eigenvalue weighted by atomic mass is 35.5. The van der Waals surface area contributed by atoms with Crippen LogP contribution in [0.4, 0.5) is 0 Å². The van der Waals surface area contributed by atoms with Crippen LogP contribution < -0.4 is 0 Å². The summed E-state index contributed by atoms with van der Waals surface area (Å²) >= 11 is 5.75. The van der Waals surface area contributed by atoms with Gasteiger partial charge in [0, 0.05) is 19.3 Å². The molecule has 0 aliphatic carbocycles. The standard InChI is InChI=1S/C13H17ClN2O3/c14-10-1-2-12(15-9-10)13(18)16-5-3-11(4-6-16)19-8-7-17/h1-2,9,11,17H,3-8H2. The second kappa shape index (κ2) is 6.84. The third kappa shape index (κ3) is 3.89. The predicted octanol–water partition coefficient (Wildman–Crippen LogP) is 1.35. The van der Waals surface area contributed by atoms with E-state index in [0.29, 0.717) is 30.4 Å². The molecule has 0 aromatic carbocycles. The number of rotatable bonds is 4. The number of hydrogen-bond acceptors (Lipinski definition) is 4. The number of carbonyl (C=O) groups is 1. The van der Waals surface area contributed by atoms with Crippen molar-refractivity contribution in [1.29, 1.82) is 0 Å². The molecule has 0 atom stereocenters. The van der Waals surface area contributed by atoms with Crippen molar-refractivity contribution in [2.45, 2.75) is 18.9 Å². The van der Waals surface area contributed by atoms with Crippen molar-refractivity contribution in [3.8, 4) is 0 Å². The summed E-state index contributed by atoms with van der Waals surface area (Å²) in [6, 6.07) is 3.30. The number of aliphatic hydroxyl groups is 1. The number of nitrogens with zero attached hydrogens (tertiary/aromatic N) is 2. The molecule has 1 aromatic rings. The molecule has 1 aliphatic rings. The average molecular weight is 285 g/mol. The van der Waals surface area contributed by atoms with E-state index in [4.69, 9.17) is 21.4 Å². The first-order chi connectivity index (χ1) is 9.20. The Kier molecular flexibility index (Phi) is 5.13. The minimum absolute atomic E-state index is 0.0356. The van der Waals surface area contributed by atoms with Gasteiger partial charge in [-0.25, -0.2) is 4.98 Å². The van der Waals surface area contributed by atoms with Crippen molar-refractivity contribution in [3.63, 3.8) is 0 Å². The van der Waals surface area contributed by atoms with Crippen LogP contribution in [0.3, 0.4) is 0 Å². The maximum Gasteiger partial charge on any atom is 0.272 e. The molecule has 1 fully saturated rings. The van der Waals surface area contributed by atoms with Crippen LogP contribution in [0, 0.1) is 0 Å². The molecule has 0 bridgehead atoms. The van der Waals surface area contributed by atoms with Crippen LogP contribution in [0.15, 0.2) is 18.3 Å². The minimum atomic E-state index is -0.0720. The molecule has 0 unspecified atom stereocenters. The molecule has 5 nitrogen and oxygen atoms in total. The third-order valence-electron chi connectivity index (χ3n) is 3.12. The van der Waals surface area contributed by atoms with Gasteiger partial charge in [-0.3, -0.25) is 4.79 Å². The summed E-state index contributed by atoms with van der Waals surface area (Å²) in [6.45, 7) is 1.70. The van der Waals surface area contributed by atoms with Crippen LogP contribution in [-0.2, 0) is 4.74 Å². The lowest BCUT2D eigenvalue weighted by atomic mass is 10.1. The minimum Gasteiger partial charge on any atom is -0.394 e. The highest BCUT2D eigenvalue weighted by Crippen LogP contribution is 2.16. The van der Waals surface area contributed by atoms with E-state index in [9.17, 15) is 4.79 Å². The van der Waals surface area contributed by atoms with Gasteiger partial charge in [-0.2, -0.15) is 0 Å².